The molecule has 26 heavy (non-hydrogen) atoms. The Hall–Kier alpha value is -2.87. The van der Waals surface area contributed by atoms with Crippen LogP contribution in [-0.4, -0.2) is 31.9 Å². The zero-order valence-corrected chi connectivity index (χ0v) is 15.2. The molecule has 8 heteroatoms. The maximum Gasteiger partial charge on any atom is 0.308 e. The number of hydrogen-bond acceptors (Lipinski definition) is 4. The molecular weight excluding hydrogens is 356 g/mol. The minimum Gasteiger partial charge on any atom is -0.481 e. The molecule has 7 nitrogen and oxygen atoms in total. The second-order valence-corrected chi connectivity index (χ2v) is 7.63. The van der Waals surface area contributed by atoms with Crippen LogP contribution in [0.15, 0.2) is 53.4 Å². The van der Waals surface area contributed by atoms with E-state index in [0.29, 0.717) is 5.69 Å². The van der Waals surface area contributed by atoms with Gasteiger partial charge in [-0.3, -0.25) is 14.3 Å². The number of nitrogens with one attached hydrogen (secondary N) is 2. The van der Waals surface area contributed by atoms with Crippen LogP contribution in [0.4, 0.5) is 5.69 Å². The van der Waals surface area contributed by atoms with Crippen LogP contribution in [0.2, 0.25) is 0 Å². The minimum atomic E-state index is -3.85. The Morgan fingerprint density at radius 1 is 1.12 bits per heavy atom. The first kappa shape index (κ1) is 19.5. The number of rotatable bonds is 7. The number of aryl methyl sites for hydroxylation is 1. The Balaban J connectivity index is 2.17. The molecule has 0 fully saturated rings. The third-order valence-electron chi connectivity index (χ3n) is 3.67. The fraction of sp³-hybridized carbons (Fsp3) is 0.222. The number of carboxylic acid groups (broad SMARTS) is 1. The summed E-state index contributed by atoms with van der Waals surface area (Å²) in [5.41, 5.74) is 1.47. The molecule has 0 saturated carbocycles. The number of amides is 1. The van der Waals surface area contributed by atoms with E-state index < -0.39 is 27.8 Å². The lowest BCUT2D eigenvalue weighted by molar-refractivity contribution is -0.140. The van der Waals surface area contributed by atoms with Crippen LogP contribution in [-0.2, 0) is 14.8 Å². The Morgan fingerprint density at radius 3 is 2.46 bits per heavy atom. The molecular formula is C18H20N2O5S. The Morgan fingerprint density at radius 2 is 1.81 bits per heavy atom. The topological polar surface area (TPSA) is 113 Å². The molecule has 0 aliphatic heterocycles. The van der Waals surface area contributed by atoms with Gasteiger partial charge in [-0.2, -0.15) is 0 Å². The van der Waals surface area contributed by atoms with Crippen molar-refractivity contribution in [1.82, 2.24) is 5.32 Å². The van der Waals surface area contributed by atoms with Crippen LogP contribution < -0.4 is 10.0 Å². The quantitative estimate of drug-likeness (QED) is 0.686. The van der Waals surface area contributed by atoms with Gasteiger partial charge in [-0.1, -0.05) is 25.1 Å². The molecule has 0 saturated heterocycles. The highest BCUT2D eigenvalue weighted by Gasteiger charge is 2.18. The third-order valence-corrected chi connectivity index (χ3v) is 5.05. The maximum atomic E-state index is 12.5. The van der Waals surface area contributed by atoms with Gasteiger partial charge < -0.3 is 10.4 Å². The molecule has 2 rings (SSSR count). The highest BCUT2D eigenvalue weighted by molar-refractivity contribution is 7.92. The fourth-order valence-electron chi connectivity index (χ4n) is 2.16. The van der Waals surface area contributed by atoms with E-state index in [1.807, 2.05) is 13.0 Å². The summed E-state index contributed by atoms with van der Waals surface area (Å²) in [6.45, 7) is 3.27. The van der Waals surface area contributed by atoms with Crippen molar-refractivity contribution < 1.29 is 23.1 Å². The average molecular weight is 376 g/mol. The Kier molecular flexibility index (Phi) is 5.99. The van der Waals surface area contributed by atoms with Gasteiger partial charge in [0.2, 0.25) is 0 Å². The zero-order valence-electron chi connectivity index (χ0n) is 14.4. The van der Waals surface area contributed by atoms with Gasteiger partial charge in [0.1, 0.15) is 0 Å². The molecule has 3 N–H and O–H groups in total. The normalized spacial score (nSPS) is 12.2. The number of carbonyl (C=O) groups excluding carboxylic acids is 1. The van der Waals surface area contributed by atoms with E-state index in [0.717, 1.165) is 5.56 Å². The second-order valence-electron chi connectivity index (χ2n) is 5.95. The van der Waals surface area contributed by atoms with Crippen LogP contribution in [0.1, 0.15) is 22.8 Å². The molecule has 2 aromatic carbocycles. The molecule has 0 spiro atoms. The van der Waals surface area contributed by atoms with Crippen molar-refractivity contribution in [1.29, 1.82) is 0 Å². The molecule has 2 aromatic rings. The van der Waals surface area contributed by atoms with Gasteiger partial charge >= 0.3 is 5.97 Å². The van der Waals surface area contributed by atoms with E-state index in [9.17, 15) is 18.0 Å². The van der Waals surface area contributed by atoms with Crippen LogP contribution in [0, 0.1) is 12.8 Å². The van der Waals surface area contributed by atoms with Crippen molar-refractivity contribution >= 4 is 27.6 Å². The average Bonchev–Trinajstić information content (AvgIpc) is 2.59. The third kappa shape index (κ3) is 5.06. The summed E-state index contributed by atoms with van der Waals surface area (Å²) < 4.78 is 27.5. The highest BCUT2D eigenvalue weighted by Crippen LogP contribution is 2.18. The smallest absolute Gasteiger partial charge is 0.308 e. The van der Waals surface area contributed by atoms with Crippen molar-refractivity contribution in [2.75, 3.05) is 11.3 Å². The van der Waals surface area contributed by atoms with E-state index >= 15 is 0 Å². The summed E-state index contributed by atoms with van der Waals surface area (Å²) in [6.07, 6.45) is 0. The first-order valence-corrected chi connectivity index (χ1v) is 9.38. The number of anilines is 1. The van der Waals surface area contributed by atoms with Crippen LogP contribution >= 0.6 is 0 Å². The lowest BCUT2D eigenvalue weighted by atomic mass is 10.1. The lowest BCUT2D eigenvalue weighted by Gasteiger charge is -2.11. The number of sulfonamides is 1. The molecule has 0 bridgehead atoms. The molecule has 1 amide bonds. The molecule has 0 radical (unpaired) electrons. The number of aliphatic carboxylic acids is 1. The predicted molar refractivity (Wildman–Crippen MR) is 97.6 cm³/mol. The van der Waals surface area contributed by atoms with Crippen molar-refractivity contribution in [3.63, 3.8) is 0 Å². The summed E-state index contributed by atoms with van der Waals surface area (Å²) >= 11 is 0. The van der Waals surface area contributed by atoms with E-state index in [-0.39, 0.29) is 17.0 Å². The molecule has 0 aliphatic carbocycles. The lowest BCUT2D eigenvalue weighted by Crippen LogP contribution is -2.31. The molecule has 0 aliphatic rings. The number of hydrogen-bond donors (Lipinski definition) is 3. The van der Waals surface area contributed by atoms with Crippen LogP contribution in [0.3, 0.4) is 0 Å². The van der Waals surface area contributed by atoms with Gasteiger partial charge in [-0.25, -0.2) is 8.42 Å². The summed E-state index contributed by atoms with van der Waals surface area (Å²) in [6, 6.07) is 12.5. The molecule has 1 atom stereocenters. The first-order valence-electron chi connectivity index (χ1n) is 7.89. The standard InChI is InChI=1S/C18H20N2O5S/c1-12-5-3-7-15(9-12)20-26(24,25)16-8-4-6-14(10-16)17(21)19-11-13(2)18(22)23/h3-10,13,20H,11H2,1-2H3,(H,19,21)(H,22,23)/t13-/m0/s1. The van der Waals surface area contributed by atoms with Crippen molar-refractivity contribution in [3.8, 4) is 0 Å². The Labute approximate surface area is 152 Å². The van der Waals surface area contributed by atoms with Gasteiger partial charge in [0, 0.05) is 17.8 Å². The summed E-state index contributed by atoms with van der Waals surface area (Å²) in [5.74, 6) is -2.30. The number of benzene rings is 2. The van der Waals surface area contributed by atoms with Crippen molar-refractivity contribution in [3.05, 3.63) is 59.7 Å². The van der Waals surface area contributed by atoms with E-state index in [4.69, 9.17) is 5.11 Å². The predicted octanol–water partition coefficient (Wildman–Crippen LogP) is 2.25. The zero-order chi connectivity index (χ0) is 19.3. The maximum absolute atomic E-state index is 12.5. The summed E-state index contributed by atoms with van der Waals surface area (Å²) in [5, 5.41) is 11.3. The van der Waals surface area contributed by atoms with Crippen LogP contribution in [0.5, 0.6) is 0 Å². The minimum absolute atomic E-state index is 0.0489. The number of carboxylic acids is 1. The van der Waals surface area contributed by atoms with E-state index in [1.54, 1.807) is 18.2 Å². The second kappa shape index (κ2) is 8.01. The van der Waals surface area contributed by atoms with Crippen LogP contribution in [0.25, 0.3) is 0 Å². The van der Waals surface area contributed by atoms with Crippen molar-refractivity contribution in [2.24, 2.45) is 5.92 Å². The first-order chi connectivity index (χ1) is 12.2. The monoisotopic (exact) mass is 376 g/mol. The van der Waals surface area contributed by atoms with Crippen molar-refractivity contribution in [2.45, 2.75) is 18.7 Å². The van der Waals surface area contributed by atoms with Gasteiger partial charge in [0.25, 0.3) is 15.9 Å². The van der Waals surface area contributed by atoms with E-state index in [2.05, 4.69) is 10.0 Å². The van der Waals surface area contributed by atoms with Gasteiger partial charge in [-0.15, -0.1) is 0 Å². The van der Waals surface area contributed by atoms with Gasteiger partial charge in [0.05, 0.1) is 10.8 Å². The van der Waals surface area contributed by atoms with Gasteiger partial charge in [-0.05, 0) is 42.8 Å². The molecule has 0 heterocycles. The SMILES string of the molecule is Cc1cccc(NS(=O)(=O)c2cccc(C(=O)NC[C@H](C)C(=O)O)c2)c1. The fourth-order valence-corrected chi connectivity index (χ4v) is 3.26. The highest BCUT2D eigenvalue weighted by atomic mass is 32.2. The summed E-state index contributed by atoms with van der Waals surface area (Å²) in [4.78, 5) is 22.9. The van der Waals surface area contributed by atoms with E-state index in [1.165, 1.54) is 31.2 Å². The largest absolute Gasteiger partial charge is 0.481 e. The summed E-state index contributed by atoms with van der Waals surface area (Å²) in [7, 11) is -3.85. The number of carbonyl (C=O) groups is 2. The Bertz CT molecular complexity index is 925. The van der Waals surface area contributed by atoms with Gasteiger partial charge in [0.15, 0.2) is 0 Å². The molecule has 0 aromatic heterocycles. The molecule has 0 unspecified atom stereocenters. The molecule has 138 valence electrons.